The monoisotopic (exact) mass is 304 g/mol. The number of hydrogen-bond acceptors (Lipinski definition) is 2. The Morgan fingerprint density at radius 2 is 1.64 bits per heavy atom. The number of esters is 1. The molecule has 0 aromatic heterocycles. The van der Waals surface area contributed by atoms with Crippen molar-refractivity contribution in [1.29, 1.82) is 0 Å². The molecule has 0 spiro atoms. The third-order valence-electron chi connectivity index (χ3n) is 3.92. The van der Waals surface area contributed by atoms with E-state index in [1.165, 1.54) is 5.56 Å². The lowest BCUT2D eigenvalue weighted by Crippen LogP contribution is -2.29. The van der Waals surface area contributed by atoms with Gasteiger partial charge >= 0.3 is 5.97 Å². The predicted molar refractivity (Wildman–Crippen MR) is 92.8 cm³/mol. The highest BCUT2D eigenvalue weighted by Gasteiger charge is 2.28. The predicted octanol–water partition coefficient (Wildman–Crippen LogP) is 5.40. The Kier molecular flexibility index (Phi) is 6.65. The second-order valence-electron chi connectivity index (χ2n) is 8.23. The smallest absolute Gasteiger partial charge is 0.306 e. The molecule has 0 fully saturated rings. The molecule has 2 heteroatoms. The van der Waals surface area contributed by atoms with Crippen LogP contribution >= 0.6 is 0 Å². The minimum absolute atomic E-state index is 0.0767. The molecular weight excluding hydrogens is 272 g/mol. The lowest BCUT2D eigenvalue weighted by Gasteiger charge is -2.31. The van der Waals surface area contributed by atoms with Gasteiger partial charge in [-0.1, -0.05) is 51.1 Å². The summed E-state index contributed by atoms with van der Waals surface area (Å²) in [5, 5.41) is 0. The van der Waals surface area contributed by atoms with Gasteiger partial charge in [0, 0.05) is 6.42 Å². The maximum absolute atomic E-state index is 12.1. The summed E-state index contributed by atoms with van der Waals surface area (Å²) in [7, 11) is 0. The molecule has 1 atom stereocenters. The summed E-state index contributed by atoms with van der Waals surface area (Å²) in [6, 6.07) is 10.5. The van der Waals surface area contributed by atoms with Gasteiger partial charge < -0.3 is 4.74 Å². The quantitative estimate of drug-likeness (QED) is 0.657. The topological polar surface area (TPSA) is 26.3 Å². The fourth-order valence-corrected chi connectivity index (χ4v) is 2.62. The van der Waals surface area contributed by atoms with Crippen molar-refractivity contribution >= 4 is 5.97 Å². The number of ether oxygens (including phenoxy) is 1. The Hall–Kier alpha value is -1.31. The van der Waals surface area contributed by atoms with Crippen molar-refractivity contribution in [3.8, 4) is 0 Å². The van der Waals surface area contributed by atoms with Crippen molar-refractivity contribution in [2.75, 3.05) is 0 Å². The molecule has 0 amide bonds. The molecule has 0 saturated heterocycles. The van der Waals surface area contributed by atoms with E-state index in [9.17, 15) is 4.79 Å². The second kappa shape index (κ2) is 7.80. The van der Waals surface area contributed by atoms with Gasteiger partial charge in [-0.05, 0) is 56.9 Å². The van der Waals surface area contributed by atoms with E-state index in [0.29, 0.717) is 12.3 Å². The van der Waals surface area contributed by atoms with Gasteiger partial charge in [-0.2, -0.15) is 0 Å². The number of benzene rings is 1. The maximum atomic E-state index is 12.1. The normalized spacial score (nSPS) is 13.7. The molecule has 1 unspecified atom stereocenters. The van der Waals surface area contributed by atoms with E-state index in [-0.39, 0.29) is 11.4 Å². The molecule has 0 heterocycles. The number of carbonyl (C=O) groups is 1. The highest BCUT2D eigenvalue weighted by atomic mass is 16.6. The molecule has 22 heavy (non-hydrogen) atoms. The number of hydrogen-bond donors (Lipinski definition) is 0. The van der Waals surface area contributed by atoms with Gasteiger partial charge in [-0.15, -0.1) is 0 Å². The minimum Gasteiger partial charge on any atom is -0.460 e. The van der Waals surface area contributed by atoms with E-state index in [1.807, 2.05) is 26.8 Å². The molecule has 2 nitrogen and oxygen atoms in total. The van der Waals surface area contributed by atoms with E-state index in [2.05, 4.69) is 45.0 Å². The minimum atomic E-state index is -0.399. The van der Waals surface area contributed by atoms with Gasteiger partial charge in [0.2, 0.25) is 0 Å². The second-order valence-corrected chi connectivity index (χ2v) is 8.23. The van der Waals surface area contributed by atoms with Crippen LogP contribution < -0.4 is 0 Å². The molecule has 1 rings (SSSR count). The molecule has 0 saturated carbocycles. The first-order chi connectivity index (χ1) is 10.1. The SMILES string of the molecule is CC(C)(C)OC(=O)CC(CCCc1ccccc1)C(C)(C)C. The van der Waals surface area contributed by atoms with Crippen LogP contribution in [0, 0.1) is 11.3 Å². The highest BCUT2D eigenvalue weighted by molar-refractivity contribution is 5.70. The summed E-state index contributed by atoms with van der Waals surface area (Å²) in [5.41, 5.74) is 1.09. The third kappa shape index (κ3) is 7.63. The van der Waals surface area contributed by atoms with Crippen molar-refractivity contribution in [3.05, 3.63) is 35.9 Å². The zero-order valence-corrected chi connectivity index (χ0v) is 15.1. The molecular formula is C20H32O2. The van der Waals surface area contributed by atoms with E-state index in [1.54, 1.807) is 0 Å². The van der Waals surface area contributed by atoms with Crippen LogP contribution in [-0.4, -0.2) is 11.6 Å². The molecule has 0 bridgehead atoms. The average Bonchev–Trinajstić information content (AvgIpc) is 2.35. The van der Waals surface area contributed by atoms with E-state index in [0.717, 1.165) is 19.3 Å². The summed E-state index contributed by atoms with van der Waals surface area (Å²) in [4.78, 5) is 12.1. The van der Waals surface area contributed by atoms with Crippen molar-refractivity contribution in [2.24, 2.45) is 11.3 Å². The largest absolute Gasteiger partial charge is 0.460 e. The van der Waals surface area contributed by atoms with Crippen LogP contribution in [0.4, 0.5) is 0 Å². The molecule has 124 valence electrons. The lowest BCUT2D eigenvalue weighted by molar-refractivity contribution is -0.157. The van der Waals surface area contributed by atoms with Crippen LogP contribution in [0.2, 0.25) is 0 Å². The zero-order valence-electron chi connectivity index (χ0n) is 15.1. The van der Waals surface area contributed by atoms with Gasteiger partial charge in [0.1, 0.15) is 5.60 Å². The standard InChI is InChI=1S/C20H32O2/c1-19(2,3)17(15-18(21)22-20(4,5)6)14-10-13-16-11-8-7-9-12-16/h7-9,11-12,17H,10,13-15H2,1-6H3. The number of carbonyl (C=O) groups excluding carboxylic acids is 1. The summed E-state index contributed by atoms with van der Waals surface area (Å²) in [6.45, 7) is 12.4. The van der Waals surface area contributed by atoms with Crippen molar-refractivity contribution in [1.82, 2.24) is 0 Å². The zero-order chi connectivity index (χ0) is 16.8. The third-order valence-corrected chi connectivity index (χ3v) is 3.92. The average molecular weight is 304 g/mol. The molecule has 1 aromatic rings. The Morgan fingerprint density at radius 3 is 2.14 bits per heavy atom. The first-order valence-electron chi connectivity index (χ1n) is 8.34. The Labute approximate surface area is 136 Å². The van der Waals surface area contributed by atoms with E-state index in [4.69, 9.17) is 4.74 Å². The van der Waals surface area contributed by atoms with Gasteiger partial charge in [0.05, 0.1) is 0 Å². The summed E-state index contributed by atoms with van der Waals surface area (Å²) >= 11 is 0. The Balaban J connectivity index is 2.53. The fourth-order valence-electron chi connectivity index (χ4n) is 2.62. The number of aryl methyl sites for hydroxylation is 1. The van der Waals surface area contributed by atoms with Crippen LogP contribution in [0.15, 0.2) is 30.3 Å². The molecule has 0 aliphatic rings. The maximum Gasteiger partial charge on any atom is 0.306 e. The molecule has 1 aromatic carbocycles. The molecule has 0 aliphatic heterocycles. The highest BCUT2D eigenvalue weighted by Crippen LogP contribution is 2.33. The van der Waals surface area contributed by atoms with E-state index >= 15 is 0 Å². The van der Waals surface area contributed by atoms with Gasteiger partial charge in [-0.3, -0.25) is 4.79 Å². The summed E-state index contributed by atoms with van der Waals surface area (Å²) in [5.74, 6) is 0.276. The van der Waals surface area contributed by atoms with Crippen molar-refractivity contribution < 1.29 is 9.53 Å². The molecule has 0 aliphatic carbocycles. The van der Waals surface area contributed by atoms with Crippen LogP contribution in [0.1, 0.15) is 66.4 Å². The van der Waals surface area contributed by atoms with Crippen LogP contribution in [0.3, 0.4) is 0 Å². The lowest BCUT2D eigenvalue weighted by atomic mass is 9.76. The number of rotatable bonds is 6. The van der Waals surface area contributed by atoms with Gasteiger partial charge in [0.25, 0.3) is 0 Å². The van der Waals surface area contributed by atoms with Crippen molar-refractivity contribution in [3.63, 3.8) is 0 Å². The summed E-state index contributed by atoms with van der Waals surface area (Å²) < 4.78 is 5.49. The van der Waals surface area contributed by atoms with Crippen LogP contribution in [-0.2, 0) is 16.0 Å². The van der Waals surface area contributed by atoms with Gasteiger partial charge in [0.15, 0.2) is 0 Å². The van der Waals surface area contributed by atoms with Gasteiger partial charge in [-0.25, -0.2) is 0 Å². The fraction of sp³-hybridized carbons (Fsp3) is 0.650. The Morgan fingerprint density at radius 1 is 1.05 bits per heavy atom. The first kappa shape index (κ1) is 18.7. The van der Waals surface area contributed by atoms with E-state index < -0.39 is 5.60 Å². The molecule has 0 radical (unpaired) electrons. The first-order valence-corrected chi connectivity index (χ1v) is 8.34. The molecule has 0 N–H and O–H groups in total. The Bertz CT molecular complexity index is 449. The van der Waals surface area contributed by atoms with Crippen LogP contribution in [0.25, 0.3) is 0 Å². The van der Waals surface area contributed by atoms with Crippen LogP contribution in [0.5, 0.6) is 0 Å². The summed E-state index contributed by atoms with van der Waals surface area (Å²) in [6.07, 6.45) is 3.74. The van der Waals surface area contributed by atoms with Crippen molar-refractivity contribution in [2.45, 2.75) is 72.8 Å².